The van der Waals surface area contributed by atoms with Crippen LogP contribution in [0.3, 0.4) is 0 Å². The lowest BCUT2D eigenvalue weighted by molar-refractivity contribution is -0.118. The van der Waals surface area contributed by atoms with E-state index in [0.29, 0.717) is 16.5 Å². The molecule has 0 saturated carbocycles. The van der Waals surface area contributed by atoms with E-state index in [4.69, 9.17) is 5.73 Å². The third-order valence-corrected chi connectivity index (χ3v) is 5.32. The zero-order chi connectivity index (χ0) is 26.2. The summed E-state index contributed by atoms with van der Waals surface area (Å²) in [7, 11) is 1.15. The van der Waals surface area contributed by atoms with Gasteiger partial charge in [-0.05, 0) is 42.7 Å². The van der Waals surface area contributed by atoms with E-state index in [0.717, 1.165) is 17.8 Å². The zero-order valence-electron chi connectivity index (χ0n) is 19.3. The normalized spacial score (nSPS) is 11.8. The largest absolute Gasteiger partial charge is 0.464 e. The first-order valence-corrected chi connectivity index (χ1v) is 10.8. The van der Waals surface area contributed by atoms with Crippen LogP contribution < -0.4 is 21.9 Å². The van der Waals surface area contributed by atoms with Crippen LogP contribution in [-0.4, -0.2) is 51.4 Å². The predicted molar refractivity (Wildman–Crippen MR) is 131 cm³/mol. The summed E-state index contributed by atoms with van der Waals surface area (Å²) in [5.74, 6) is -1.31. The van der Waals surface area contributed by atoms with Crippen molar-refractivity contribution in [1.29, 1.82) is 0 Å². The number of methoxy groups -OCH3 is 1. The predicted octanol–water partition coefficient (Wildman–Crippen LogP) is 1.86. The van der Waals surface area contributed by atoms with Gasteiger partial charge in [-0.15, -0.1) is 0 Å². The Morgan fingerprint density at radius 1 is 1.14 bits per heavy atom. The number of ether oxygens (including phenoxy) is 1. The van der Waals surface area contributed by atoms with Gasteiger partial charge in [0.1, 0.15) is 11.7 Å². The Hall–Kier alpha value is -4.87. The summed E-state index contributed by atoms with van der Waals surface area (Å²) in [6.07, 6.45) is 3.92. The van der Waals surface area contributed by atoms with Crippen molar-refractivity contribution in [2.75, 3.05) is 12.4 Å². The number of nitrogens with zero attached hydrogens (tertiary/aromatic N) is 2. The molecule has 0 saturated heterocycles. The molecule has 188 valence electrons. The fourth-order valence-electron chi connectivity index (χ4n) is 3.65. The Balaban J connectivity index is 1.83. The van der Waals surface area contributed by atoms with Gasteiger partial charge in [0.15, 0.2) is 0 Å². The lowest BCUT2D eigenvalue weighted by Gasteiger charge is -2.17. The number of nitrogens with two attached hydrogens (primary N) is 1. The highest BCUT2D eigenvalue weighted by Crippen LogP contribution is 2.21. The number of hydrogen-bond donors (Lipinski definition) is 4. The standard InChI is InChI=1S/C24H25N5O7/c1-36-23(33)27-17(8-2-3-10-19(25)30)21(31)26-18-9-5-12-28(22(18)32)14-16-7-4-6-15-11-13-29(20(15)16)24(34)35/h3-7,9-13,17H,2,8,14H2,1H3,(H2,25,30)(H,26,31)(H,27,33)(H,34,35). The first-order chi connectivity index (χ1) is 17.2. The first kappa shape index (κ1) is 25.7. The summed E-state index contributed by atoms with van der Waals surface area (Å²) in [6, 6.07) is 8.83. The van der Waals surface area contributed by atoms with Crippen LogP contribution in [0.15, 0.2) is 65.7 Å². The minimum Gasteiger partial charge on any atom is -0.464 e. The molecule has 0 aliphatic heterocycles. The number of aromatic nitrogens is 2. The smallest absolute Gasteiger partial charge is 0.416 e. The fraction of sp³-hybridized carbons (Fsp3) is 0.208. The Morgan fingerprint density at radius 3 is 2.61 bits per heavy atom. The second-order valence-electron chi connectivity index (χ2n) is 7.74. The lowest BCUT2D eigenvalue weighted by Crippen LogP contribution is -2.44. The maximum Gasteiger partial charge on any atom is 0.416 e. The summed E-state index contributed by atoms with van der Waals surface area (Å²) in [5.41, 5.74) is 5.53. The summed E-state index contributed by atoms with van der Waals surface area (Å²) in [6.45, 7) is 0.0545. The van der Waals surface area contributed by atoms with Crippen LogP contribution in [-0.2, 0) is 20.9 Å². The van der Waals surface area contributed by atoms with Crippen molar-refractivity contribution in [2.45, 2.75) is 25.4 Å². The van der Waals surface area contributed by atoms with E-state index >= 15 is 0 Å². The molecule has 0 spiro atoms. The summed E-state index contributed by atoms with van der Waals surface area (Å²) >= 11 is 0. The second-order valence-corrected chi connectivity index (χ2v) is 7.74. The van der Waals surface area contributed by atoms with Crippen molar-refractivity contribution in [3.8, 4) is 0 Å². The van der Waals surface area contributed by atoms with E-state index in [-0.39, 0.29) is 25.1 Å². The molecule has 2 heterocycles. The fourth-order valence-corrected chi connectivity index (χ4v) is 3.65. The second kappa shape index (κ2) is 11.5. The highest BCUT2D eigenvalue weighted by molar-refractivity contribution is 5.96. The van der Waals surface area contributed by atoms with Crippen LogP contribution in [0.5, 0.6) is 0 Å². The molecule has 3 rings (SSSR count). The lowest BCUT2D eigenvalue weighted by atomic mass is 10.1. The van der Waals surface area contributed by atoms with E-state index in [9.17, 15) is 29.1 Å². The topological polar surface area (TPSA) is 175 Å². The third kappa shape index (κ3) is 6.17. The van der Waals surface area contributed by atoms with Crippen LogP contribution in [0.2, 0.25) is 0 Å². The van der Waals surface area contributed by atoms with Crippen LogP contribution >= 0.6 is 0 Å². The average molecular weight is 495 g/mol. The van der Waals surface area contributed by atoms with Crippen molar-refractivity contribution in [1.82, 2.24) is 14.5 Å². The molecule has 1 atom stereocenters. The van der Waals surface area contributed by atoms with Crippen molar-refractivity contribution >= 4 is 40.6 Å². The van der Waals surface area contributed by atoms with E-state index in [1.165, 1.54) is 29.1 Å². The maximum absolute atomic E-state index is 13.1. The molecule has 0 fully saturated rings. The Kier molecular flexibility index (Phi) is 8.23. The number of carbonyl (C=O) groups excluding carboxylic acids is 3. The zero-order valence-corrected chi connectivity index (χ0v) is 19.3. The molecule has 3 aromatic rings. The number of amides is 3. The molecule has 0 aliphatic carbocycles. The molecule has 5 N–H and O–H groups in total. The first-order valence-electron chi connectivity index (χ1n) is 10.8. The minimum atomic E-state index is -1.15. The molecular weight excluding hydrogens is 470 g/mol. The number of anilines is 1. The van der Waals surface area contributed by atoms with Gasteiger partial charge >= 0.3 is 12.2 Å². The molecule has 0 radical (unpaired) electrons. The van der Waals surface area contributed by atoms with Crippen molar-refractivity contribution in [2.24, 2.45) is 5.73 Å². The summed E-state index contributed by atoms with van der Waals surface area (Å²) in [4.78, 5) is 60.1. The monoisotopic (exact) mass is 495 g/mol. The highest BCUT2D eigenvalue weighted by atomic mass is 16.5. The van der Waals surface area contributed by atoms with Gasteiger partial charge in [0.05, 0.1) is 19.2 Å². The molecule has 12 nitrogen and oxygen atoms in total. The molecule has 1 unspecified atom stereocenters. The molecule has 3 amide bonds. The van der Waals surface area contributed by atoms with Gasteiger partial charge in [0.2, 0.25) is 11.8 Å². The highest BCUT2D eigenvalue weighted by Gasteiger charge is 2.22. The van der Waals surface area contributed by atoms with Gasteiger partial charge < -0.3 is 30.8 Å². The Labute approximate surface area is 204 Å². The SMILES string of the molecule is COC(=O)NC(CCC=CC(N)=O)C(=O)Nc1cccn(Cc2cccc3ccn(C(=O)O)c23)c1=O. The Morgan fingerprint density at radius 2 is 1.92 bits per heavy atom. The quantitative estimate of drug-likeness (QED) is 0.328. The number of primary amides is 1. The van der Waals surface area contributed by atoms with Crippen LogP contribution in [0.4, 0.5) is 15.3 Å². The van der Waals surface area contributed by atoms with Gasteiger partial charge in [-0.2, -0.15) is 0 Å². The summed E-state index contributed by atoms with van der Waals surface area (Å²) < 4.78 is 6.97. The number of carboxylic acid groups (broad SMARTS) is 1. The van der Waals surface area contributed by atoms with Gasteiger partial charge in [-0.3, -0.25) is 19.0 Å². The average Bonchev–Trinajstić information content (AvgIpc) is 3.28. The molecule has 0 aliphatic rings. The molecule has 2 aromatic heterocycles. The molecule has 1 aromatic carbocycles. The van der Waals surface area contributed by atoms with Crippen LogP contribution in [0, 0.1) is 0 Å². The molecule has 0 bridgehead atoms. The molecule has 12 heteroatoms. The number of fused-ring (bicyclic) bond motifs is 1. The van der Waals surface area contributed by atoms with E-state index in [1.54, 1.807) is 30.3 Å². The number of rotatable bonds is 9. The Bertz CT molecular complexity index is 1390. The number of alkyl carbamates (subject to hydrolysis) is 1. The van der Waals surface area contributed by atoms with Gasteiger partial charge in [-0.1, -0.05) is 24.3 Å². The van der Waals surface area contributed by atoms with E-state index < -0.39 is 35.6 Å². The van der Waals surface area contributed by atoms with E-state index in [1.807, 2.05) is 0 Å². The van der Waals surface area contributed by atoms with Crippen molar-refractivity contribution in [3.63, 3.8) is 0 Å². The number of nitrogens with one attached hydrogen (secondary N) is 2. The van der Waals surface area contributed by atoms with Gasteiger partial charge in [-0.25, -0.2) is 9.59 Å². The van der Waals surface area contributed by atoms with Crippen molar-refractivity contribution < 1.29 is 29.0 Å². The number of benzene rings is 1. The molecular formula is C24H25N5O7. The van der Waals surface area contributed by atoms with Crippen LogP contribution in [0.1, 0.15) is 18.4 Å². The number of para-hydroxylation sites is 1. The number of allylic oxidation sites excluding steroid dienone is 1. The third-order valence-electron chi connectivity index (χ3n) is 5.32. The van der Waals surface area contributed by atoms with Gasteiger partial charge in [0.25, 0.3) is 5.56 Å². The minimum absolute atomic E-state index is 0.0346. The van der Waals surface area contributed by atoms with E-state index in [2.05, 4.69) is 15.4 Å². The molecule has 36 heavy (non-hydrogen) atoms. The van der Waals surface area contributed by atoms with Crippen molar-refractivity contribution in [3.05, 3.63) is 76.9 Å². The van der Waals surface area contributed by atoms with Gasteiger partial charge in [0, 0.05) is 17.8 Å². The van der Waals surface area contributed by atoms with Crippen LogP contribution in [0.25, 0.3) is 10.9 Å². The number of hydrogen-bond acceptors (Lipinski definition) is 6. The summed E-state index contributed by atoms with van der Waals surface area (Å²) in [5, 5.41) is 15.1. The number of carbonyl (C=O) groups is 4. The maximum atomic E-state index is 13.1. The number of pyridine rings is 1.